The molecule has 0 aliphatic rings. The third-order valence-corrected chi connectivity index (χ3v) is 3.66. The number of carboxylic acids is 1. The smallest absolute Gasteiger partial charge is 0.336 e. The standard InChI is InChI=1S/C16H10N2O5/c17-6-1-2-7(16(22)23)9(5-6)13(19)8-3-4-10(18)12-11(8)14(20)15(12)21/h1-5H,17-18H2,(H,22,23). The normalized spacial score (nSPS) is 11.0. The number of ketones is 1. The van der Waals surface area contributed by atoms with Gasteiger partial charge in [-0.05, 0) is 30.3 Å². The number of nitrogens with two attached hydrogens (primary N) is 2. The number of rotatable bonds is 3. The fourth-order valence-electron chi connectivity index (χ4n) is 2.53. The Balaban J connectivity index is 2.28. The molecule has 23 heavy (non-hydrogen) atoms. The molecule has 3 rings (SSSR count). The highest BCUT2D eigenvalue weighted by Crippen LogP contribution is 2.25. The molecule has 3 aromatic rings. The van der Waals surface area contributed by atoms with Crippen molar-refractivity contribution in [1.29, 1.82) is 0 Å². The number of hydrogen-bond acceptors (Lipinski definition) is 6. The number of hydrogen-bond donors (Lipinski definition) is 3. The number of carbonyl (C=O) groups excluding carboxylic acids is 1. The first-order valence-corrected chi connectivity index (χ1v) is 6.52. The van der Waals surface area contributed by atoms with Gasteiger partial charge >= 0.3 is 5.97 Å². The van der Waals surface area contributed by atoms with E-state index >= 15 is 0 Å². The van der Waals surface area contributed by atoms with E-state index in [2.05, 4.69) is 0 Å². The molecular formula is C16H10N2O5. The zero-order valence-electron chi connectivity index (χ0n) is 11.6. The summed E-state index contributed by atoms with van der Waals surface area (Å²) in [6.45, 7) is 0. The van der Waals surface area contributed by atoms with Crippen LogP contribution in [-0.4, -0.2) is 16.9 Å². The molecule has 0 aliphatic heterocycles. The molecule has 0 unspecified atom stereocenters. The van der Waals surface area contributed by atoms with Crippen molar-refractivity contribution in [2.45, 2.75) is 0 Å². The van der Waals surface area contributed by atoms with Gasteiger partial charge in [-0.15, -0.1) is 0 Å². The van der Waals surface area contributed by atoms with E-state index in [9.17, 15) is 24.3 Å². The number of nitrogen functional groups attached to an aromatic ring is 2. The number of fused-ring (bicyclic) bond motifs is 1. The highest BCUT2D eigenvalue weighted by molar-refractivity contribution is 6.21. The van der Waals surface area contributed by atoms with Crippen LogP contribution < -0.4 is 22.3 Å². The van der Waals surface area contributed by atoms with Crippen LogP contribution in [0.25, 0.3) is 10.8 Å². The Morgan fingerprint density at radius 1 is 0.826 bits per heavy atom. The summed E-state index contributed by atoms with van der Waals surface area (Å²) in [6, 6.07) is 6.43. The first kappa shape index (κ1) is 14.5. The molecule has 0 heterocycles. The molecule has 0 atom stereocenters. The number of aromatic carboxylic acids is 1. The molecule has 7 heteroatoms. The van der Waals surface area contributed by atoms with E-state index in [1.807, 2.05) is 0 Å². The maximum Gasteiger partial charge on any atom is 0.336 e. The monoisotopic (exact) mass is 310 g/mol. The highest BCUT2D eigenvalue weighted by atomic mass is 16.4. The molecule has 0 aromatic heterocycles. The molecule has 3 aromatic carbocycles. The van der Waals surface area contributed by atoms with Gasteiger partial charge in [0.1, 0.15) is 0 Å². The molecule has 5 N–H and O–H groups in total. The fraction of sp³-hybridized carbons (Fsp3) is 0. The number of carbonyl (C=O) groups is 2. The maximum absolute atomic E-state index is 12.7. The topological polar surface area (TPSA) is 141 Å². The van der Waals surface area contributed by atoms with Gasteiger partial charge in [0.25, 0.3) is 0 Å². The highest BCUT2D eigenvalue weighted by Gasteiger charge is 2.25. The zero-order valence-corrected chi connectivity index (χ0v) is 11.6. The summed E-state index contributed by atoms with van der Waals surface area (Å²) in [6.07, 6.45) is 0. The van der Waals surface area contributed by atoms with Gasteiger partial charge in [0.05, 0.1) is 16.3 Å². The van der Waals surface area contributed by atoms with Crippen molar-refractivity contribution in [2.75, 3.05) is 11.5 Å². The van der Waals surface area contributed by atoms with Crippen LogP contribution in [0.3, 0.4) is 0 Å². The Hall–Kier alpha value is -3.48. The molecular weight excluding hydrogens is 300 g/mol. The van der Waals surface area contributed by atoms with E-state index in [-0.39, 0.29) is 38.8 Å². The molecule has 0 saturated heterocycles. The van der Waals surface area contributed by atoms with E-state index in [0.717, 1.165) is 0 Å². The third-order valence-electron chi connectivity index (χ3n) is 3.66. The van der Waals surface area contributed by atoms with E-state index in [0.29, 0.717) is 0 Å². The molecule has 114 valence electrons. The van der Waals surface area contributed by atoms with Crippen LogP contribution in [0.1, 0.15) is 26.3 Å². The molecule has 0 radical (unpaired) electrons. The Kier molecular flexibility index (Phi) is 3.00. The summed E-state index contributed by atoms with van der Waals surface area (Å²) in [5, 5.41) is 9.13. The number of benzene rings is 2. The molecule has 0 bridgehead atoms. The van der Waals surface area contributed by atoms with Crippen LogP contribution in [0.2, 0.25) is 0 Å². The van der Waals surface area contributed by atoms with Crippen molar-refractivity contribution in [3.63, 3.8) is 0 Å². The largest absolute Gasteiger partial charge is 0.478 e. The summed E-state index contributed by atoms with van der Waals surface area (Å²) in [7, 11) is 0. The minimum absolute atomic E-state index is 0.00151. The second kappa shape index (κ2) is 4.77. The minimum atomic E-state index is -1.30. The summed E-state index contributed by atoms with van der Waals surface area (Å²) >= 11 is 0. The van der Waals surface area contributed by atoms with E-state index < -0.39 is 22.6 Å². The lowest BCUT2D eigenvalue weighted by molar-refractivity contribution is 0.0693. The average Bonchev–Trinajstić information content (AvgIpc) is 2.52. The quantitative estimate of drug-likeness (QED) is 0.364. The predicted octanol–water partition coefficient (Wildman–Crippen LogP) is 0.529. The van der Waals surface area contributed by atoms with Gasteiger partial charge in [0, 0.05) is 22.5 Å². The lowest BCUT2D eigenvalue weighted by Crippen LogP contribution is -2.33. The van der Waals surface area contributed by atoms with Crippen LogP contribution >= 0.6 is 0 Å². The van der Waals surface area contributed by atoms with Gasteiger partial charge in [0.15, 0.2) is 5.78 Å². The van der Waals surface area contributed by atoms with Crippen molar-refractivity contribution >= 4 is 33.9 Å². The fourth-order valence-corrected chi connectivity index (χ4v) is 2.53. The van der Waals surface area contributed by atoms with Crippen molar-refractivity contribution < 1.29 is 14.7 Å². The summed E-state index contributed by atoms with van der Waals surface area (Å²) in [5.41, 5.74) is 9.53. The lowest BCUT2D eigenvalue weighted by Gasteiger charge is -2.11. The van der Waals surface area contributed by atoms with Crippen molar-refractivity contribution in [3.8, 4) is 0 Å². The van der Waals surface area contributed by atoms with Crippen LogP contribution in [0.4, 0.5) is 11.4 Å². The Labute approximate surface area is 128 Å². The van der Waals surface area contributed by atoms with Gasteiger partial charge in [0.2, 0.25) is 10.9 Å². The third kappa shape index (κ3) is 1.98. The van der Waals surface area contributed by atoms with Crippen LogP contribution in [0, 0.1) is 0 Å². The van der Waals surface area contributed by atoms with Gasteiger partial charge in [-0.3, -0.25) is 14.4 Å². The van der Waals surface area contributed by atoms with E-state index in [4.69, 9.17) is 11.5 Å². The Morgan fingerprint density at radius 2 is 1.43 bits per heavy atom. The molecule has 0 fully saturated rings. The zero-order chi connectivity index (χ0) is 16.9. The van der Waals surface area contributed by atoms with E-state index in [1.165, 1.54) is 30.3 Å². The Morgan fingerprint density at radius 3 is 2.09 bits per heavy atom. The number of anilines is 2. The second-order valence-electron chi connectivity index (χ2n) is 5.05. The molecule has 0 amide bonds. The molecule has 0 saturated carbocycles. The predicted molar refractivity (Wildman–Crippen MR) is 84.5 cm³/mol. The van der Waals surface area contributed by atoms with Gasteiger partial charge in [-0.2, -0.15) is 0 Å². The van der Waals surface area contributed by atoms with Crippen LogP contribution in [-0.2, 0) is 0 Å². The summed E-state index contributed by atoms with van der Waals surface area (Å²) < 4.78 is 0. The van der Waals surface area contributed by atoms with Crippen molar-refractivity contribution in [2.24, 2.45) is 0 Å². The first-order valence-electron chi connectivity index (χ1n) is 6.52. The summed E-state index contributed by atoms with van der Waals surface area (Å²) in [4.78, 5) is 47.3. The average molecular weight is 310 g/mol. The minimum Gasteiger partial charge on any atom is -0.478 e. The summed E-state index contributed by atoms with van der Waals surface area (Å²) in [5.74, 6) is -2.00. The maximum atomic E-state index is 12.7. The van der Waals surface area contributed by atoms with E-state index in [1.54, 1.807) is 0 Å². The van der Waals surface area contributed by atoms with Gasteiger partial charge in [-0.25, -0.2) is 4.79 Å². The van der Waals surface area contributed by atoms with Crippen LogP contribution in [0.15, 0.2) is 39.9 Å². The van der Waals surface area contributed by atoms with Crippen molar-refractivity contribution in [1.82, 2.24) is 0 Å². The molecule has 7 nitrogen and oxygen atoms in total. The SMILES string of the molecule is Nc1ccc(C(=O)O)c(C(=O)c2ccc(N)c3c(=O)c(=O)c23)c1. The second-order valence-corrected chi connectivity index (χ2v) is 5.05. The number of carboxylic acid groups (broad SMARTS) is 1. The lowest BCUT2D eigenvalue weighted by atomic mass is 9.91. The molecule has 0 aliphatic carbocycles. The van der Waals surface area contributed by atoms with Gasteiger partial charge in [-0.1, -0.05) is 0 Å². The van der Waals surface area contributed by atoms with Gasteiger partial charge < -0.3 is 16.6 Å². The Bertz CT molecular complexity index is 1070. The molecule has 0 spiro atoms. The van der Waals surface area contributed by atoms with Crippen LogP contribution in [0.5, 0.6) is 0 Å². The van der Waals surface area contributed by atoms with Crippen molar-refractivity contribution in [3.05, 3.63) is 67.5 Å². The first-order chi connectivity index (χ1) is 10.8.